The zero-order valence-electron chi connectivity index (χ0n) is 40.4. The number of carbonyl (C=O) groups is 2. The van der Waals surface area contributed by atoms with Crippen molar-refractivity contribution in [2.24, 2.45) is 22.9 Å². The topological polar surface area (TPSA) is 148 Å². The molecule has 0 saturated heterocycles. The van der Waals surface area contributed by atoms with Crippen molar-refractivity contribution in [2.75, 3.05) is 40.1 Å². The lowest BCUT2D eigenvalue weighted by Crippen LogP contribution is -2.70. The summed E-state index contributed by atoms with van der Waals surface area (Å²) in [7, 11) is 1.39. The fourth-order valence-corrected chi connectivity index (χ4v) is 10.8. The first-order valence-electron chi connectivity index (χ1n) is 25.3. The van der Waals surface area contributed by atoms with Crippen LogP contribution in [-0.2, 0) is 20.9 Å². The van der Waals surface area contributed by atoms with E-state index >= 15 is 0 Å². The van der Waals surface area contributed by atoms with E-state index in [-0.39, 0.29) is 50.5 Å². The quantitative estimate of drug-likeness (QED) is 0.0368. The van der Waals surface area contributed by atoms with E-state index in [1.807, 2.05) is 43.3 Å². The molecule has 12 nitrogen and oxygen atoms in total. The van der Waals surface area contributed by atoms with Gasteiger partial charge in [-0.3, -0.25) is 4.90 Å². The van der Waals surface area contributed by atoms with Gasteiger partial charge in [-0.15, -0.1) is 6.58 Å². The summed E-state index contributed by atoms with van der Waals surface area (Å²) >= 11 is 0. The van der Waals surface area contributed by atoms with Gasteiger partial charge < -0.3 is 39.3 Å². The molecule has 0 aromatic heterocycles. The number of aliphatic hydroxyl groups is 2. The molecular weight excluding hydrogens is 847 g/mol. The number of ether oxygens (including phenoxy) is 4. The van der Waals surface area contributed by atoms with E-state index in [0.717, 1.165) is 72.4 Å². The van der Waals surface area contributed by atoms with Gasteiger partial charge in [0.2, 0.25) is 5.79 Å². The number of oxime groups is 1. The van der Waals surface area contributed by atoms with Crippen molar-refractivity contribution in [3.63, 3.8) is 0 Å². The smallest absolute Gasteiger partial charge is 0.412 e. The van der Waals surface area contributed by atoms with Crippen molar-refractivity contribution in [3.8, 4) is 11.5 Å². The number of hydrogen-bond donors (Lipinski definition) is 3. The summed E-state index contributed by atoms with van der Waals surface area (Å²) in [6, 6.07) is 19.0. The number of allylic oxidation sites excluding steroid dienone is 1. The van der Waals surface area contributed by atoms with Crippen molar-refractivity contribution in [2.45, 2.75) is 147 Å². The minimum atomic E-state index is -1.47. The fourth-order valence-electron chi connectivity index (χ4n) is 10.8. The molecule has 3 aromatic rings. The molecule has 1 fully saturated rings. The summed E-state index contributed by atoms with van der Waals surface area (Å²) in [5.41, 5.74) is 3.41. The SMILES string of the molecule is C=CCO[C@@]12Oc3ccc(OC(=O)NCCCCCCCCCCCC)cc3[C@H]3[C@H](CCCCO)[C@@H](CCCCO)C=C(C(=NOCC)C[C@@H]1N(Cc1cccc4ccccc14)C(=O)OC)[C@H]32. The Hall–Kier alpha value is -4.91. The molecule has 0 unspecified atom stereocenters. The molecule has 3 aliphatic rings. The van der Waals surface area contributed by atoms with Gasteiger partial charge in [0.15, 0.2) is 0 Å². The highest BCUT2D eigenvalue weighted by molar-refractivity contribution is 6.03. The summed E-state index contributed by atoms with van der Waals surface area (Å²) in [4.78, 5) is 35.4. The van der Waals surface area contributed by atoms with Crippen LogP contribution < -0.4 is 14.8 Å². The molecule has 6 atom stereocenters. The molecule has 0 spiro atoms. The number of rotatable bonds is 28. The monoisotopic (exact) mass is 924 g/mol. The van der Waals surface area contributed by atoms with Crippen molar-refractivity contribution in [1.82, 2.24) is 10.2 Å². The minimum Gasteiger partial charge on any atom is -0.459 e. The molecule has 2 amide bonds. The van der Waals surface area contributed by atoms with Gasteiger partial charge in [0.1, 0.15) is 24.1 Å². The number of hydrogen-bond acceptors (Lipinski definition) is 10. The lowest BCUT2D eigenvalue weighted by Gasteiger charge is -2.59. The molecule has 6 rings (SSSR count). The number of unbranched alkanes of at least 4 members (excludes halogenated alkanes) is 11. The summed E-state index contributed by atoms with van der Waals surface area (Å²) in [5, 5.41) is 29.8. The summed E-state index contributed by atoms with van der Waals surface area (Å²) in [5.74, 6) is -1.26. The first-order chi connectivity index (χ1) is 32.8. The Bertz CT molecular complexity index is 2100. The van der Waals surface area contributed by atoms with Gasteiger partial charge in [-0.25, -0.2) is 9.59 Å². The Morgan fingerprint density at radius 3 is 2.33 bits per heavy atom. The first-order valence-corrected chi connectivity index (χ1v) is 25.3. The Balaban J connectivity index is 1.40. The van der Waals surface area contributed by atoms with E-state index in [0.29, 0.717) is 43.2 Å². The van der Waals surface area contributed by atoms with Crippen LogP contribution in [0.3, 0.4) is 0 Å². The number of amides is 2. The molecule has 1 heterocycles. The standard InChI is InChI=1S/C55H77N3O9/c1-5-8-9-10-11-12-13-14-15-20-32-56-53(61)66-43-30-31-49-47(37-43)51-45(29-19-22-34-60)41(25-18-21-33-59)36-46-48(57-65-7-3)38-50(55(67-49,52(46)51)64-35-6-2)58(54(62)63-4)39-42-27-23-26-40-24-16-17-28-44(40)42/h6,16-17,23-24,26-28,30-31,36-37,41,45,50-52,59-60H,2,5,7-15,18-22,25,29,32-35,38-39H2,1,3-4H3,(H,56,61)/t41-,45+,50-,51+,52+,55+/m0/s1. The molecule has 0 radical (unpaired) electrons. The van der Waals surface area contributed by atoms with Crippen molar-refractivity contribution >= 4 is 28.7 Å². The van der Waals surface area contributed by atoms with Crippen LogP contribution in [0.5, 0.6) is 11.5 Å². The van der Waals surface area contributed by atoms with Gasteiger partial charge in [-0.05, 0) is 91.0 Å². The average Bonchev–Trinajstić information content (AvgIpc) is 3.34. The largest absolute Gasteiger partial charge is 0.459 e. The maximum Gasteiger partial charge on any atom is 0.412 e. The van der Waals surface area contributed by atoms with Crippen molar-refractivity contribution < 1.29 is 43.6 Å². The van der Waals surface area contributed by atoms with Gasteiger partial charge in [0.25, 0.3) is 0 Å². The van der Waals surface area contributed by atoms with Crippen LogP contribution in [0.25, 0.3) is 10.8 Å². The van der Waals surface area contributed by atoms with E-state index in [1.165, 1.54) is 52.1 Å². The Morgan fingerprint density at radius 1 is 0.896 bits per heavy atom. The zero-order chi connectivity index (χ0) is 47.4. The highest BCUT2D eigenvalue weighted by Gasteiger charge is 2.65. The predicted octanol–water partition coefficient (Wildman–Crippen LogP) is 11.8. The third kappa shape index (κ3) is 13.0. The number of carbonyl (C=O) groups excluding carboxylic acids is 2. The van der Waals surface area contributed by atoms with Crippen LogP contribution in [0.2, 0.25) is 0 Å². The molecule has 3 N–H and O–H groups in total. The van der Waals surface area contributed by atoms with Gasteiger partial charge in [0, 0.05) is 37.7 Å². The number of nitrogens with one attached hydrogen (secondary N) is 1. The molecule has 1 saturated carbocycles. The van der Waals surface area contributed by atoms with E-state index in [4.69, 9.17) is 28.9 Å². The second-order valence-electron chi connectivity index (χ2n) is 18.4. The highest BCUT2D eigenvalue weighted by Crippen LogP contribution is 2.62. The second-order valence-corrected chi connectivity index (χ2v) is 18.4. The number of fused-ring (bicyclic) bond motifs is 3. The van der Waals surface area contributed by atoms with E-state index in [9.17, 15) is 19.8 Å². The molecule has 67 heavy (non-hydrogen) atoms. The predicted molar refractivity (Wildman–Crippen MR) is 264 cm³/mol. The third-order valence-electron chi connectivity index (χ3n) is 14.0. The molecular formula is C55H77N3O9. The molecule has 12 heteroatoms. The van der Waals surface area contributed by atoms with E-state index < -0.39 is 29.9 Å². The number of nitrogens with zero attached hydrogens (tertiary/aromatic N) is 2. The van der Waals surface area contributed by atoms with Gasteiger partial charge in [0.05, 0.1) is 31.9 Å². The van der Waals surface area contributed by atoms with Crippen LogP contribution in [0.15, 0.2) is 90.1 Å². The summed E-state index contributed by atoms with van der Waals surface area (Å²) in [6.07, 6.45) is 19.8. The van der Waals surface area contributed by atoms with Crippen molar-refractivity contribution in [1.29, 1.82) is 0 Å². The molecule has 366 valence electrons. The lowest BCUT2D eigenvalue weighted by atomic mass is 9.55. The van der Waals surface area contributed by atoms with Gasteiger partial charge >= 0.3 is 12.2 Å². The van der Waals surface area contributed by atoms with E-state index in [1.54, 1.807) is 17.0 Å². The number of aliphatic hydroxyl groups excluding tert-OH is 2. The highest BCUT2D eigenvalue weighted by atomic mass is 16.7. The summed E-state index contributed by atoms with van der Waals surface area (Å²) < 4.78 is 26.1. The second kappa shape index (κ2) is 26.6. The summed E-state index contributed by atoms with van der Waals surface area (Å²) in [6.45, 7) is 9.55. The van der Waals surface area contributed by atoms with Crippen LogP contribution in [-0.4, -0.2) is 84.9 Å². The molecule has 2 aliphatic carbocycles. The molecule has 1 aliphatic heterocycles. The molecule has 3 aromatic carbocycles. The first kappa shape index (κ1) is 51.5. The molecule has 0 bridgehead atoms. The number of methoxy groups -OCH3 is 1. The average molecular weight is 924 g/mol. The maximum absolute atomic E-state index is 14.4. The van der Waals surface area contributed by atoms with Crippen LogP contribution >= 0.6 is 0 Å². The maximum atomic E-state index is 14.4. The van der Waals surface area contributed by atoms with Crippen LogP contribution in [0, 0.1) is 17.8 Å². The Kier molecular flexibility index (Phi) is 20.4. The number of benzene rings is 3. The lowest BCUT2D eigenvalue weighted by molar-refractivity contribution is -0.256. The van der Waals surface area contributed by atoms with Gasteiger partial charge in [-0.1, -0.05) is 137 Å². The Labute approximate surface area is 399 Å². The third-order valence-corrected chi connectivity index (χ3v) is 14.0. The zero-order valence-corrected chi connectivity index (χ0v) is 40.4. The Morgan fingerprint density at radius 2 is 1.61 bits per heavy atom. The van der Waals surface area contributed by atoms with Crippen LogP contribution in [0.1, 0.15) is 140 Å². The van der Waals surface area contributed by atoms with Gasteiger partial charge in [-0.2, -0.15) is 0 Å². The van der Waals surface area contributed by atoms with E-state index in [2.05, 4.69) is 43.1 Å². The van der Waals surface area contributed by atoms with Crippen LogP contribution in [0.4, 0.5) is 9.59 Å². The normalized spacial score (nSPS) is 22.3. The minimum absolute atomic E-state index is 0.00510. The van der Waals surface area contributed by atoms with Crippen molar-refractivity contribution in [3.05, 3.63) is 96.1 Å². The fraction of sp³-hybridized carbons (Fsp3) is 0.582.